The van der Waals surface area contributed by atoms with Gasteiger partial charge in [-0.2, -0.15) is 0 Å². The average molecular weight is 247 g/mol. The lowest BCUT2D eigenvalue weighted by Gasteiger charge is -2.18. The molecule has 0 rings (SSSR count). The summed E-state index contributed by atoms with van der Waals surface area (Å²) >= 11 is 0. The third-order valence-electron chi connectivity index (χ3n) is 2.53. The molecule has 4 N–H and O–H groups in total. The van der Waals surface area contributed by atoms with E-state index in [9.17, 15) is 9.90 Å². The number of carboxylic acids is 1. The van der Waals surface area contributed by atoms with Gasteiger partial charge in [0, 0.05) is 0 Å². The average Bonchev–Trinajstić information content (AvgIpc) is 2.25. The molecule has 5 heteroatoms. The van der Waals surface area contributed by atoms with Gasteiger partial charge in [0.1, 0.15) is 0 Å². The maximum Gasteiger partial charge on any atom is 0.306 e. The van der Waals surface area contributed by atoms with E-state index in [-0.39, 0.29) is 19.1 Å². The summed E-state index contributed by atoms with van der Waals surface area (Å²) in [6, 6.07) is 0. The van der Waals surface area contributed by atoms with Crippen LogP contribution in [-0.2, 0) is 9.53 Å². The van der Waals surface area contributed by atoms with Crippen molar-refractivity contribution in [2.75, 3.05) is 13.2 Å². The van der Waals surface area contributed by atoms with Crippen molar-refractivity contribution in [3.05, 3.63) is 0 Å². The highest BCUT2D eigenvalue weighted by molar-refractivity contribution is 5.69. The molecule has 17 heavy (non-hydrogen) atoms. The highest BCUT2D eigenvalue weighted by Gasteiger charge is 2.21. The minimum atomic E-state index is -0.856. The van der Waals surface area contributed by atoms with Crippen molar-refractivity contribution >= 4 is 5.97 Å². The number of hydrogen-bond donors (Lipinski definition) is 3. The van der Waals surface area contributed by atoms with Crippen molar-refractivity contribution in [1.82, 2.24) is 0 Å². The van der Waals surface area contributed by atoms with Crippen LogP contribution in [0, 0.1) is 5.92 Å². The van der Waals surface area contributed by atoms with E-state index in [1.54, 1.807) is 0 Å². The van der Waals surface area contributed by atoms with Crippen molar-refractivity contribution in [2.45, 2.75) is 51.7 Å². The zero-order valence-electron chi connectivity index (χ0n) is 10.8. The first-order chi connectivity index (χ1) is 7.97. The molecule has 2 unspecified atom stereocenters. The largest absolute Gasteiger partial charge is 0.481 e. The molecule has 0 aromatic heterocycles. The van der Waals surface area contributed by atoms with Gasteiger partial charge in [0.05, 0.1) is 24.7 Å². The van der Waals surface area contributed by atoms with Crippen LogP contribution in [-0.4, -0.2) is 41.5 Å². The molecule has 0 aromatic carbocycles. The number of aliphatic hydroxyl groups excluding tert-OH is 1. The summed E-state index contributed by atoms with van der Waals surface area (Å²) in [5, 5.41) is 18.7. The van der Waals surface area contributed by atoms with E-state index >= 15 is 0 Å². The van der Waals surface area contributed by atoms with Crippen molar-refractivity contribution in [1.29, 1.82) is 0 Å². The normalized spacial score (nSPS) is 14.9. The number of aliphatic carboxylic acids is 1. The lowest BCUT2D eigenvalue weighted by Crippen LogP contribution is -2.25. The van der Waals surface area contributed by atoms with Crippen molar-refractivity contribution in [3.8, 4) is 0 Å². The highest BCUT2D eigenvalue weighted by atomic mass is 16.5. The number of unbranched alkanes of at least 4 members (excludes halogenated alkanes) is 1. The Kier molecular flexibility index (Phi) is 9.03. The Bertz CT molecular complexity index is 209. The molecule has 0 aliphatic carbocycles. The molecule has 5 nitrogen and oxygen atoms in total. The maximum absolute atomic E-state index is 11.0. The Morgan fingerprint density at radius 3 is 2.47 bits per heavy atom. The van der Waals surface area contributed by atoms with Gasteiger partial charge in [0.2, 0.25) is 0 Å². The smallest absolute Gasteiger partial charge is 0.306 e. The van der Waals surface area contributed by atoms with E-state index in [0.717, 1.165) is 12.8 Å². The minimum Gasteiger partial charge on any atom is -0.481 e. The van der Waals surface area contributed by atoms with Gasteiger partial charge < -0.3 is 20.7 Å². The third kappa shape index (κ3) is 9.09. The first kappa shape index (κ1) is 16.4. The topological polar surface area (TPSA) is 92.8 Å². The van der Waals surface area contributed by atoms with Gasteiger partial charge in [-0.05, 0) is 39.7 Å². The van der Waals surface area contributed by atoms with Crippen LogP contribution in [0.2, 0.25) is 0 Å². The second-order valence-corrected chi connectivity index (χ2v) is 4.59. The van der Waals surface area contributed by atoms with Crippen LogP contribution in [0.25, 0.3) is 0 Å². The predicted molar refractivity (Wildman–Crippen MR) is 65.7 cm³/mol. The molecule has 102 valence electrons. The van der Waals surface area contributed by atoms with Gasteiger partial charge in [-0.25, -0.2) is 0 Å². The molecular weight excluding hydrogens is 222 g/mol. The van der Waals surface area contributed by atoms with Crippen LogP contribution in [0.3, 0.4) is 0 Å². The minimum absolute atomic E-state index is 0.0465. The SMILES string of the molecule is CC(C)OCC(O)CC(CCCCN)C(=O)O. The Balaban J connectivity index is 3.93. The van der Waals surface area contributed by atoms with Crippen LogP contribution in [0.5, 0.6) is 0 Å². The van der Waals surface area contributed by atoms with E-state index in [0.29, 0.717) is 13.0 Å². The first-order valence-electron chi connectivity index (χ1n) is 6.19. The molecule has 2 atom stereocenters. The number of hydrogen-bond acceptors (Lipinski definition) is 4. The van der Waals surface area contributed by atoms with E-state index in [4.69, 9.17) is 15.6 Å². The van der Waals surface area contributed by atoms with Gasteiger partial charge in [-0.3, -0.25) is 4.79 Å². The molecule has 0 saturated heterocycles. The van der Waals surface area contributed by atoms with Crippen molar-refractivity contribution < 1.29 is 19.7 Å². The summed E-state index contributed by atoms with van der Waals surface area (Å²) in [5.74, 6) is -1.36. The number of rotatable bonds is 10. The summed E-state index contributed by atoms with van der Waals surface area (Å²) < 4.78 is 5.25. The fourth-order valence-corrected chi connectivity index (χ4v) is 1.58. The molecule has 0 saturated carbocycles. The van der Waals surface area contributed by atoms with Crippen LogP contribution < -0.4 is 5.73 Å². The van der Waals surface area contributed by atoms with Crippen LogP contribution in [0.4, 0.5) is 0 Å². The van der Waals surface area contributed by atoms with Gasteiger partial charge >= 0.3 is 5.97 Å². The molecule has 0 radical (unpaired) electrons. The number of carboxylic acid groups (broad SMARTS) is 1. The standard InChI is InChI=1S/C12H25NO4/c1-9(2)17-8-11(14)7-10(12(15)16)5-3-4-6-13/h9-11,14H,3-8,13H2,1-2H3,(H,15,16). The second kappa shape index (κ2) is 9.39. The van der Waals surface area contributed by atoms with Crippen LogP contribution in [0.15, 0.2) is 0 Å². The molecule has 0 amide bonds. The van der Waals surface area contributed by atoms with Crippen molar-refractivity contribution in [3.63, 3.8) is 0 Å². The Morgan fingerprint density at radius 2 is 2.00 bits per heavy atom. The molecule has 0 aromatic rings. The summed E-state index contributed by atoms with van der Waals surface area (Å²) in [4.78, 5) is 11.0. The summed E-state index contributed by atoms with van der Waals surface area (Å²) in [5.41, 5.74) is 5.36. The number of carbonyl (C=O) groups is 1. The number of aliphatic hydroxyl groups is 1. The van der Waals surface area contributed by atoms with Gasteiger partial charge in [-0.15, -0.1) is 0 Å². The van der Waals surface area contributed by atoms with Gasteiger partial charge in [-0.1, -0.05) is 6.42 Å². The van der Waals surface area contributed by atoms with Crippen molar-refractivity contribution in [2.24, 2.45) is 11.7 Å². The highest BCUT2D eigenvalue weighted by Crippen LogP contribution is 2.15. The summed E-state index contributed by atoms with van der Waals surface area (Å²) in [7, 11) is 0. The second-order valence-electron chi connectivity index (χ2n) is 4.59. The zero-order chi connectivity index (χ0) is 13.3. The van der Waals surface area contributed by atoms with Crippen LogP contribution in [0.1, 0.15) is 39.5 Å². The quantitative estimate of drug-likeness (QED) is 0.501. The molecule has 0 fully saturated rings. The summed E-state index contributed by atoms with van der Waals surface area (Å²) in [6.07, 6.45) is 1.74. The number of nitrogens with two attached hydrogens (primary N) is 1. The molecular formula is C12H25NO4. The van der Waals surface area contributed by atoms with E-state index in [2.05, 4.69) is 0 Å². The van der Waals surface area contributed by atoms with Gasteiger partial charge in [0.25, 0.3) is 0 Å². The first-order valence-corrected chi connectivity index (χ1v) is 6.19. The molecule has 0 spiro atoms. The molecule has 0 bridgehead atoms. The Labute approximate surface area is 103 Å². The fourth-order valence-electron chi connectivity index (χ4n) is 1.58. The van der Waals surface area contributed by atoms with E-state index < -0.39 is 18.0 Å². The zero-order valence-corrected chi connectivity index (χ0v) is 10.8. The molecule has 0 aliphatic rings. The lowest BCUT2D eigenvalue weighted by atomic mass is 9.95. The molecule has 0 heterocycles. The van der Waals surface area contributed by atoms with Crippen LogP contribution >= 0.6 is 0 Å². The monoisotopic (exact) mass is 247 g/mol. The van der Waals surface area contributed by atoms with Gasteiger partial charge in [0.15, 0.2) is 0 Å². The maximum atomic E-state index is 11.0. The third-order valence-corrected chi connectivity index (χ3v) is 2.53. The Morgan fingerprint density at radius 1 is 1.35 bits per heavy atom. The molecule has 0 aliphatic heterocycles. The van der Waals surface area contributed by atoms with E-state index in [1.165, 1.54) is 0 Å². The Hall–Kier alpha value is -0.650. The lowest BCUT2D eigenvalue weighted by molar-refractivity contribution is -0.143. The predicted octanol–water partition coefficient (Wildman–Crippen LogP) is 0.992. The van der Waals surface area contributed by atoms with E-state index in [1.807, 2.05) is 13.8 Å². The summed E-state index contributed by atoms with van der Waals surface area (Å²) in [6.45, 7) is 4.52. The number of ether oxygens (including phenoxy) is 1. The fraction of sp³-hybridized carbons (Fsp3) is 0.917.